The van der Waals surface area contributed by atoms with E-state index in [9.17, 15) is 10.1 Å². The third-order valence-corrected chi connectivity index (χ3v) is 1.67. The normalized spacial score (nSPS) is 10.1. The summed E-state index contributed by atoms with van der Waals surface area (Å²) in [6.45, 7) is 3.95. The number of hydrogen-bond donors (Lipinski definition) is 0. The topological polar surface area (TPSA) is 52.4 Å². The first-order chi connectivity index (χ1) is 7.24. The van der Waals surface area contributed by atoms with Crippen LogP contribution in [0.15, 0.2) is 43.2 Å². The van der Waals surface area contributed by atoms with Gasteiger partial charge in [-0.25, -0.2) is 0 Å². The molecule has 4 nitrogen and oxygen atoms in total. The molecule has 0 heterocycles. The van der Waals surface area contributed by atoms with E-state index in [2.05, 4.69) is 6.58 Å². The van der Waals surface area contributed by atoms with Crippen LogP contribution in [0.3, 0.4) is 0 Å². The summed E-state index contributed by atoms with van der Waals surface area (Å²) in [6, 6.07) is 6.22. The monoisotopic (exact) mass is 205 g/mol. The number of hydrogen-bond acceptors (Lipinski definition) is 3. The Hall–Kier alpha value is -2.10. The first-order valence-electron chi connectivity index (χ1n) is 4.37. The van der Waals surface area contributed by atoms with Crippen LogP contribution >= 0.6 is 0 Å². The van der Waals surface area contributed by atoms with Gasteiger partial charge in [0.25, 0.3) is 5.69 Å². The molecule has 0 aromatic heterocycles. The number of nitrogens with zero attached hydrogens (tertiary/aromatic N) is 1. The lowest BCUT2D eigenvalue weighted by Gasteiger charge is -1.95. The maximum atomic E-state index is 10.4. The van der Waals surface area contributed by atoms with E-state index in [1.54, 1.807) is 24.3 Å². The van der Waals surface area contributed by atoms with Crippen LogP contribution in [0.2, 0.25) is 0 Å². The van der Waals surface area contributed by atoms with Gasteiger partial charge in [0.1, 0.15) is 6.61 Å². The van der Waals surface area contributed by atoms with Gasteiger partial charge in [-0.1, -0.05) is 12.7 Å². The Bertz CT molecular complexity index is 368. The highest BCUT2D eigenvalue weighted by molar-refractivity contribution is 5.50. The Morgan fingerprint density at radius 2 is 2.07 bits per heavy atom. The minimum absolute atomic E-state index is 0.0826. The molecular formula is C11H11NO3. The largest absolute Gasteiger partial charge is 0.497 e. The molecule has 0 spiro atoms. The molecule has 0 aliphatic carbocycles. The fourth-order valence-corrected chi connectivity index (χ4v) is 0.957. The summed E-state index contributed by atoms with van der Waals surface area (Å²) in [5.41, 5.74) is 0.934. The average Bonchev–Trinajstić information content (AvgIpc) is 2.25. The Morgan fingerprint density at radius 1 is 1.40 bits per heavy atom. The molecule has 0 saturated heterocycles. The summed E-state index contributed by atoms with van der Waals surface area (Å²) in [5.74, 6) is 0. The molecule has 0 bridgehead atoms. The van der Waals surface area contributed by atoms with Crippen molar-refractivity contribution < 1.29 is 9.66 Å². The predicted molar refractivity (Wildman–Crippen MR) is 58.3 cm³/mol. The summed E-state index contributed by atoms with van der Waals surface area (Å²) in [4.78, 5) is 9.93. The van der Waals surface area contributed by atoms with Gasteiger partial charge in [-0.05, 0) is 23.8 Å². The van der Waals surface area contributed by atoms with Gasteiger partial charge in [0.15, 0.2) is 0 Å². The molecule has 0 amide bonds. The van der Waals surface area contributed by atoms with Gasteiger partial charge in [-0.15, -0.1) is 0 Å². The van der Waals surface area contributed by atoms with Gasteiger partial charge in [0, 0.05) is 12.1 Å². The third-order valence-electron chi connectivity index (χ3n) is 1.67. The van der Waals surface area contributed by atoms with Crippen molar-refractivity contribution in [2.75, 3.05) is 6.61 Å². The van der Waals surface area contributed by atoms with Crippen molar-refractivity contribution in [3.63, 3.8) is 0 Å². The maximum absolute atomic E-state index is 10.4. The number of nitro benzene ring substituents is 1. The Labute approximate surface area is 87.6 Å². The van der Waals surface area contributed by atoms with Crippen molar-refractivity contribution in [2.45, 2.75) is 0 Å². The second kappa shape index (κ2) is 5.59. The highest BCUT2D eigenvalue weighted by Gasteiger charge is 2.01. The highest BCUT2D eigenvalue weighted by atomic mass is 16.6. The second-order valence-corrected chi connectivity index (χ2v) is 2.77. The zero-order valence-electron chi connectivity index (χ0n) is 8.13. The van der Waals surface area contributed by atoms with Gasteiger partial charge >= 0.3 is 0 Å². The first-order valence-corrected chi connectivity index (χ1v) is 4.37. The van der Waals surface area contributed by atoms with Crippen LogP contribution in [0.25, 0.3) is 6.08 Å². The third kappa shape index (κ3) is 3.64. The Morgan fingerprint density at radius 3 is 2.60 bits per heavy atom. The fourth-order valence-electron chi connectivity index (χ4n) is 0.957. The van der Waals surface area contributed by atoms with Crippen LogP contribution in [0, 0.1) is 10.1 Å². The van der Waals surface area contributed by atoms with E-state index in [0.717, 1.165) is 5.56 Å². The summed E-state index contributed by atoms with van der Waals surface area (Å²) in [7, 11) is 0. The molecule has 1 aromatic carbocycles. The van der Waals surface area contributed by atoms with E-state index in [1.807, 2.05) is 0 Å². The summed E-state index contributed by atoms with van der Waals surface area (Å²) >= 11 is 0. The summed E-state index contributed by atoms with van der Waals surface area (Å²) < 4.78 is 5.03. The molecule has 0 atom stereocenters. The number of ether oxygens (including phenoxy) is 1. The molecule has 1 rings (SSSR count). The van der Waals surface area contributed by atoms with Crippen molar-refractivity contribution in [1.82, 2.24) is 0 Å². The van der Waals surface area contributed by atoms with Crippen molar-refractivity contribution in [3.8, 4) is 0 Å². The van der Waals surface area contributed by atoms with Crippen molar-refractivity contribution in [2.24, 2.45) is 0 Å². The standard InChI is InChI=1S/C11H11NO3/c1-2-8-15-9-7-10-3-5-11(6-4-10)12(13)14/h2-7,9H,1,8H2/b9-7+. The number of rotatable bonds is 5. The van der Waals surface area contributed by atoms with Crippen LogP contribution in [0.5, 0.6) is 0 Å². The quantitative estimate of drug-likeness (QED) is 0.244. The number of non-ortho nitro benzene ring substituents is 1. The summed E-state index contributed by atoms with van der Waals surface area (Å²) in [5, 5.41) is 10.4. The maximum Gasteiger partial charge on any atom is 0.269 e. The zero-order valence-corrected chi connectivity index (χ0v) is 8.13. The Kier molecular flexibility index (Phi) is 4.09. The van der Waals surface area contributed by atoms with E-state index in [0.29, 0.717) is 6.61 Å². The van der Waals surface area contributed by atoms with Gasteiger partial charge in [-0.2, -0.15) is 0 Å². The minimum Gasteiger partial charge on any atom is -0.497 e. The summed E-state index contributed by atoms with van der Waals surface area (Å²) in [6.07, 6.45) is 4.90. The minimum atomic E-state index is -0.429. The molecule has 1 aromatic rings. The molecule has 0 fully saturated rings. The van der Waals surface area contributed by atoms with E-state index in [4.69, 9.17) is 4.74 Å². The second-order valence-electron chi connectivity index (χ2n) is 2.77. The molecule has 0 aliphatic rings. The molecule has 4 heteroatoms. The molecule has 78 valence electrons. The van der Waals surface area contributed by atoms with E-state index in [1.165, 1.54) is 18.4 Å². The average molecular weight is 205 g/mol. The number of benzene rings is 1. The van der Waals surface area contributed by atoms with Crippen LogP contribution in [-0.4, -0.2) is 11.5 Å². The smallest absolute Gasteiger partial charge is 0.269 e. The molecular weight excluding hydrogens is 194 g/mol. The molecule has 0 aliphatic heterocycles. The molecule has 0 N–H and O–H groups in total. The SMILES string of the molecule is C=CCO/C=C/c1ccc([N+](=O)[O-])cc1. The van der Waals surface area contributed by atoms with E-state index >= 15 is 0 Å². The molecule has 0 radical (unpaired) electrons. The lowest BCUT2D eigenvalue weighted by Crippen LogP contribution is -1.86. The lowest BCUT2D eigenvalue weighted by atomic mass is 10.2. The number of nitro groups is 1. The van der Waals surface area contributed by atoms with Gasteiger partial charge in [0.2, 0.25) is 0 Å². The first kappa shape index (κ1) is 11.0. The Balaban J connectivity index is 2.60. The fraction of sp³-hybridized carbons (Fsp3) is 0.0909. The lowest BCUT2D eigenvalue weighted by molar-refractivity contribution is -0.384. The predicted octanol–water partition coefficient (Wildman–Crippen LogP) is 2.77. The van der Waals surface area contributed by atoms with Crippen LogP contribution in [-0.2, 0) is 4.74 Å². The van der Waals surface area contributed by atoms with Crippen molar-refractivity contribution in [3.05, 3.63) is 58.9 Å². The van der Waals surface area contributed by atoms with Gasteiger partial charge in [0.05, 0.1) is 11.2 Å². The van der Waals surface area contributed by atoms with Crippen LogP contribution < -0.4 is 0 Å². The zero-order chi connectivity index (χ0) is 11.1. The highest BCUT2D eigenvalue weighted by Crippen LogP contribution is 2.12. The molecule has 0 unspecified atom stereocenters. The van der Waals surface area contributed by atoms with Crippen molar-refractivity contribution in [1.29, 1.82) is 0 Å². The molecule has 0 saturated carbocycles. The van der Waals surface area contributed by atoms with Crippen LogP contribution in [0.4, 0.5) is 5.69 Å². The molecule has 15 heavy (non-hydrogen) atoms. The van der Waals surface area contributed by atoms with Gasteiger partial charge < -0.3 is 4.74 Å². The van der Waals surface area contributed by atoms with E-state index < -0.39 is 4.92 Å². The van der Waals surface area contributed by atoms with Gasteiger partial charge in [-0.3, -0.25) is 10.1 Å². The van der Waals surface area contributed by atoms with Crippen molar-refractivity contribution >= 4 is 11.8 Å². The van der Waals surface area contributed by atoms with Crippen LogP contribution in [0.1, 0.15) is 5.56 Å². The van der Waals surface area contributed by atoms with E-state index in [-0.39, 0.29) is 5.69 Å².